The van der Waals surface area contributed by atoms with Crippen LogP contribution in [-0.2, 0) is 19.8 Å². The Morgan fingerprint density at radius 1 is 1.18 bits per heavy atom. The summed E-state index contributed by atoms with van der Waals surface area (Å²) in [5.41, 5.74) is -0.264. The molecule has 2 atom stereocenters. The first-order valence-corrected chi connectivity index (χ1v) is 11.0. The monoisotopic (exact) mass is 449 g/mol. The molecule has 33 heavy (non-hydrogen) atoms. The Morgan fingerprint density at radius 2 is 1.97 bits per heavy atom. The number of amides is 3. The van der Waals surface area contributed by atoms with Crippen LogP contribution in [0.1, 0.15) is 41.6 Å². The Labute approximate surface area is 192 Å². The summed E-state index contributed by atoms with van der Waals surface area (Å²) in [7, 11) is 2.94. The molecule has 1 aromatic carbocycles. The van der Waals surface area contributed by atoms with Gasteiger partial charge in [-0.25, -0.2) is 0 Å². The molecule has 2 aliphatic heterocycles. The van der Waals surface area contributed by atoms with Crippen LogP contribution in [0.3, 0.4) is 0 Å². The number of hydrogen-bond donors (Lipinski definition) is 0. The minimum atomic E-state index is -1.32. The molecular weight excluding hydrogens is 422 g/mol. The Balaban J connectivity index is 1.60. The molecule has 0 spiro atoms. The van der Waals surface area contributed by atoms with Crippen LogP contribution in [-0.4, -0.2) is 65.5 Å². The van der Waals surface area contributed by atoms with Crippen molar-refractivity contribution >= 4 is 23.5 Å². The van der Waals surface area contributed by atoms with Crippen molar-refractivity contribution in [3.05, 3.63) is 59.9 Å². The second kappa shape index (κ2) is 9.13. The number of carbonyl (C=O) groups excluding carboxylic acids is 4. The molecule has 2 fully saturated rings. The van der Waals surface area contributed by atoms with E-state index < -0.39 is 11.3 Å². The van der Waals surface area contributed by atoms with Gasteiger partial charge in [-0.1, -0.05) is 18.2 Å². The van der Waals surface area contributed by atoms with Crippen LogP contribution < -0.4 is 4.74 Å². The third-order valence-corrected chi connectivity index (χ3v) is 6.71. The second-order valence-corrected chi connectivity index (χ2v) is 8.68. The maximum Gasteiger partial charge on any atom is 0.240 e. The molecule has 0 saturated carbocycles. The van der Waals surface area contributed by atoms with E-state index in [1.54, 1.807) is 53.7 Å². The first-order valence-electron chi connectivity index (χ1n) is 11.0. The lowest BCUT2D eigenvalue weighted by molar-refractivity contribution is -0.142. The van der Waals surface area contributed by atoms with Gasteiger partial charge in [0.25, 0.3) is 0 Å². The minimum absolute atomic E-state index is 0.0353. The van der Waals surface area contributed by atoms with E-state index in [0.29, 0.717) is 36.3 Å². The number of hydrogen-bond acceptors (Lipinski definition) is 6. The Hall–Kier alpha value is -3.55. The molecule has 0 aliphatic carbocycles. The summed E-state index contributed by atoms with van der Waals surface area (Å²) in [4.78, 5) is 59.0. The van der Waals surface area contributed by atoms with E-state index in [0.717, 1.165) is 4.90 Å². The summed E-state index contributed by atoms with van der Waals surface area (Å²) in [6.07, 6.45) is 4.28. The number of benzene rings is 1. The number of likely N-dealkylation sites (N-methyl/N-ethyl adjacent to an activating group) is 1. The summed E-state index contributed by atoms with van der Waals surface area (Å²) in [5.74, 6) is -0.886. The number of ether oxygens (including phenoxy) is 1. The van der Waals surface area contributed by atoms with Crippen molar-refractivity contribution in [1.29, 1.82) is 0 Å². The summed E-state index contributed by atoms with van der Waals surface area (Å²) >= 11 is 0. The fraction of sp³-hybridized carbons (Fsp3) is 0.400. The number of carbonyl (C=O) groups is 4. The van der Waals surface area contributed by atoms with Gasteiger partial charge >= 0.3 is 0 Å². The molecule has 2 aromatic rings. The average molecular weight is 450 g/mol. The number of Topliss-reactive ketones (excluding diaryl/α,β-unsaturated/α-hetero) is 1. The van der Waals surface area contributed by atoms with E-state index in [1.807, 2.05) is 0 Å². The number of ketones is 1. The first kappa shape index (κ1) is 22.6. The van der Waals surface area contributed by atoms with Crippen molar-refractivity contribution < 1.29 is 23.9 Å². The van der Waals surface area contributed by atoms with E-state index in [4.69, 9.17) is 4.74 Å². The lowest BCUT2D eigenvalue weighted by Gasteiger charge is -2.35. The number of piperidine rings is 1. The van der Waals surface area contributed by atoms with Gasteiger partial charge in [0.15, 0.2) is 5.78 Å². The maximum absolute atomic E-state index is 13.5. The van der Waals surface area contributed by atoms with Crippen molar-refractivity contribution in [2.75, 3.05) is 27.2 Å². The Bertz CT molecular complexity index is 1090. The lowest BCUT2D eigenvalue weighted by Crippen LogP contribution is -2.47. The highest BCUT2D eigenvalue weighted by Gasteiger charge is 2.54. The second-order valence-electron chi connectivity index (χ2n) is 8.68. The van der Waals surface area contributed by atoms with Gasteiger partial charge in [-0.15, -0.1) is 0 Å². The van der Waals surface area contributed by atoms with Crippen molar-refractivity contribution in [3.8, 4) is 5.75 Å². The molecule has 1 aromatic heterocycles. The van der Waals surface area contributed by atoms with Crippen LogP contribution in [0.4, 0.5) is 0 Å². The molecule has 0 radical (unpaired) electrons. The average Bonchev–Trinajstić information content (AvgIpc) is 3.08. The molecule has 3 heterocycles. The summed E-state index contributed by atoms with van der Waals surface area (Å²) < 4.78 is 5.47. The fourth-order valence-corrected chi connectivity index (χ4v) is 4.90. The van der Waals surface area contributed by atoms with E-state index in [-0.39, 0.29) is 42.9 Å². The molecule has 2 aliphatic rings. The van der Waals surface area contributed by atoms with Crippen LogP contribution in [0, 0.1) is 5.92 Å². The number of aromatic nitrogens is 1. The summed E-state index contributed by atoms with van der Waals surface area (Å²) in [6.45, 7) is 0.794. The first-order chi connectivity index (χ1) is 15.9. The molecule has 0 N–H and O–H groups in total. The van der Waals surface area contributed by atoms with E-state index in [9.17, 15) is 19.2 Å². The van der Waals surface area contributed by atoms with Gasteiger partial charge in [-0.2, -0.15) is 0 Å². The van der Waals surface area contributed by atoms with Crippen molar-refractivity contribution in [1.82, 2.24) is 14.8 Å². The number of pyridine rings is 1. The molecule has 4 rings (SSSR count). The highest BCUT2D eigenvalue weighted by Crippen LogP contribution is 2.43. The molecule has 172 valence electrons. The lowest BCUT2D eigenvalue weighted by atomic mass is 9.75. The zero-order valence-electron chi connectivity index (χ0n) is 18.8. The van der Waals surface area contributed by atoms with Gasteiger partial charge in [0, 0.05) is 62.4 Å². The van der Waals surface area contributed by atoms with Gasteiger partial charge in [0.1, 0.15) is 5.75 Å². The maximum atomic E-state index is 13.5. The molecule has 8 heteroatoms. The van der Waals surface area contributed by atoms with E-state index >= 15 is 0 Å². The van der Waals surface area contributed by atoms with Crippen LogP contribution >= 0.6 is 0 Å². The largest absolute Gasteiger partial charge is 0.496 e. The third kappa shape index (κ3) is 4.13. The number of methoxy groups -OCH3 is 1. The molecule has 3 amide bonds. The van der Waals surface area contributed by atoms with Gasteiger partial charge in [0.05, 0.1) is 12.5 Å². The Kier molecular flexibility index (Phi) is 6.26. The number of para-hydroxylation sites is 1. The smallest absolute Gasteiger partial charge is 0.240 e. The van der Waals surface area contributed by atoms with Crippen molar-refractivity contribution in [2.45, 2.75) is 31.1 Å². The molecule has 2 saturated heterocycles. The molecule has 0 bridgehead atoms. The van der Waals surface area contributed by atoms with E-state index in [1.165, 1.54) is 14.2 Å². The van der Waals surface area contributed by atoms with Crippen LogP contribution in [0.25, 0.3) is 0 Å². The van der Waals surface area contributed by atoms with Crippen LogP contribution in [0.2, 0.25) is 0 Å². The zero-order valence-corrected chi connectivity index (χ0v) is 18.8. The topological polar surface area (TPSA) is 96.9 Å². The highest BCUT2D eigenvalue weighted by molar-refractivity contribution is 6.11. The Morgan fingerprint density at radius 3 is 2.64 bits per heavy atom. The molecular formula is C25H27N3O5. The van der Waals surface area contributed by atoms with Gasteiger partial charge in [-0.3, -0.25) is 29.1 Å². The number of rotatable bonds is 6. The van der Waals surface area contributed by atoms with Gasteiger partial charge in [-0.05, 0) is 31.0 Å². The van der Waals surface area contributed by atoms with Crippen molar-refractivity contribution in [2.24, 2.45) is 5.92 Å². The predicted molar refractivity (Wildman–Crippen MR) is 120 cm³/mol. The molecule has 8 nitrogen and oxygen atoms in total. The number of likely N-dealkylation sites (tertiary alicyclic amines) is 2. The summed E-state index contributed by atoms with van der Waals surface area (Å²) in [5, 5.41) is 0. The number of nitrogens with zero attached hydrogens (tertiary/aromatic N) is 3. The highest BCUT2D eigenvalue weighted by atomic mass is 16.5. The van der Waals surface area contributed by atoms with Crippen LogP contribution in [0.5, 0.6) is 5.75 Å². The fourth-order valence-electron chi connectivity index (χ4n) is 4.90. The minimum Gasteiger partial charge on any atom is -0.496 e. The third-order valence-electron chi connectivity index (χ3n) is 6.71. The van der Waals surface area contributed by atoms with E-state index in [2.05, 4.69) is 4.98 Å². The SMILES string of the molecule is COc1ccccc1[C@]1(CC(=O)N2CCC[C@@H](C(=O)c3cccnc3)C2)CC(=O)N(C)C1=O. The molecule has 0 unspecified atom stereocenters. The normalized spacial score (nSPS) is 23.0. The van der Waals surface area contributed by atoms with Gasteiger partial charge in [0.2, 0.25) is 17.7 Å². The van der Waals surface area contributed by atoms with Crippen LogP contribution in [0.15, 0.2) is 48.8 Å². The number of imide groups is 1. The zero-order chi connectivity index (χ0) is 23.6. The van der Waals surface area contributed by atoms with Gasteiger partial charge < -0.3 is 9.64 Å². The predicted octanol–water partition coefficient (Wildman–Crippen LogP) is 2.23. The summed E-state index contributed by atoms with van der Waals surface area (Å²) in [6, 6.07) is 10.5. The standard InChI is InChI=1S/C25H27N3O5/c1-27-21(29)13-25(24(27)32,19-9-3-4-10-20(19)33-2)14-22(30)28-12-6-8-18(16-28)23(31)17-7-5-11-26-15-17/h3-5,7,9-11,15,18H,6,8,12-14,16H2,1-2H3/t18-,25-/m1/s1. The quantitative estimate of drug-likeness (QED) is 0.496. The van der Waals surface area contributed by atoms with Crippen molar-refractivity contribution in [3.63, 3.8) is 0 Å².